The van der Waals surface area contributed by atoms with Gasteiger partial charge in [0.25, 0.3) is 0 Å². The van der Waals surface area contributed by atoms with Crippen molar-refractivity contribution in [3.8, 4) is 0 Å². The van der Waals surface area contributed by atoms with E-state index >= 15 is 0 Å². The highest BCUT2D eigenvalue weighted by Gasteiger charge is 2.61. The molecular formula is C28H23NO4. The van der Waals surface area contributed by atoms with Gasteiger partial charge in [-0.1, -0.05) is 78.9 Å². The first-order valence-corrected chi connectivity index (χ1v) is 11.4. The maximum Gasteiger partial charge on any atom is 0.310 e. The van der Waals surface area contributed by atoms with Crippen LogP contribution in [0, 0.1) is 11.8 Å². The molecule has 0 aromatic heterocycles. The summed E-state index contributed by atoms with van der Waals surface area (Å²) >= 11 is 0. The first-order valence-electron chi connectivity index (χ1n) is 11.4. The van der Waals surface area contributed by atoms with Gasteiger partial charge in [-0.2, -0.15) is 0 Å². The zero-order valence-corrected chi connectivity index (χ0v) is 18.0. The molecule has 1 heterocycles. The molecule has 164 valence electrons. The van der Waals surface area contributed by atoms with Crippen LogP contribution in [0.25, 0.3) is 0 Å². The smallest absolute Gasteiger partial charge is 0.310 e. The molecular weight excluding hydrogens is 414 g/mol. The van der Waals surface area contributed by atoms with E-state index < -0.39 is 11.8 Å². The van der Waals surface area contributed by atoms with Crippen LogP contribution in [0.3, 0.4) is 0 Å². The molecule has 0 unspecified atom stereocenters. The summed E-state index contributed by atoms with van der Waals surface area (Å²) in [6, 6.07) is 25.7. The summed E-state index contributed by atoms with van der Waals surface area (Å²) < 4.78 is 5.37. The average molecular weight is 437 g/mol. The van der Waals surface area contributed by atoms with Crippen molar-refractivity contribution in [1.29, 1.82) is 0 Å². The summed E-state index contributed by atoms with van der Waals surface area (Å²) in [7, 11) is 0. The molecule has 3 aliphatic carbocycles. The monoisotopic (exact) mass is 437 g/mol. The van der Waals surface area contributed by atoms with Crippen molar-refractivity contribution < 1.29 is 19.1 Å². The van der Waals surface area contributed by atoms with E-state index in [-0.39, 0.29) is 49.2 Å². The summed E-state index contributed by atoms with van der Waals surface area (Å²) in [5, 5.41) is 0. The molecule has 1 saturated heterocycles. The Balaban J connectivity index is 1.23. The molecule has 2 atom stereocenters. The fourth-order valence-electron chi connectivity index (χ4n) is 6.02. The van der Waals surface area contributed by atoms with E-state index in [1.54, 1.807) is 0 Å². The highest BCUT2D eigenvalue weighted by atomic mass is 16.5. The highest BCUT2D eigenvalue weighted by Crippen LogP contribution is 2.60. The number of imide groups is 1. The number of amides is 2. The molecule has 1 aliphatic heterocycles. The van der Waals surface area contributed by atoms with Gasteiger partial charge in [0.15, 0.2) is 0 Å². The molecule has 3 aromatic carbocycles. The van der Waals surface area contributed by atoms with Crippen LogP contribution in [0.15, 0.2) is 78.9 Å². The minimum absolute atomic E-state index is 0.0117. The Kier molecular flexibility index (Phi) is 4.64. The lowest BCUT2D eigenvalue weighted by Gasteiger charge is -2.45. The zero-order valence-electron chi connectivity index (χ0n) is 18.0. The Labute approximate surface area is 192 Å². The van der Waals surface area contributed by atoms with Crippen LogP contribution in [0.2, 0.25) is 0 Å². The van der Waals surface area contributed by atoms with E-state index in [0.29, 0.717) is 0 Å². The summed E-state index contributed by atoms with van der Waals surface area (Å²) in [4.78, 5) is 40.5. The molecule has 2 bridgehead atoms. The third-order valence-corrected chi connectivity index (χ3v) is 7.31. The molecule has 7 rings (SSSR count). The van der Waals surface area contributed by atoms with Gasteiger partial charge in [0.2, 0.25) is 11.8 Å². The maximum atomic E-state index is 13.5. The minimum atomic E-state index is -0.396. The van der Waals surface area contributed by atoms with Crippen LogP contribution in [0.5, 0.6) is 0 Å². The third kappa shape index (κ3) is 3.03. The molecule has 1 fully saturated rings. The number of nitrogens with zero attached hydrogens (tertiary/aromatic N) is 1. The Morgan fingerprint density at radius 1 is 0.697 bits per heavy atom. The van der Waals surface area contributed by atoms with Gasteiger partial charge in [-0.05, 0) is 27.8 Å². The lowest BCUT2D eigenvalue weighted by molar-refractivity contribution is -0.148. The summed E-state index contributed by atoms with van der Waals surface area (Å²) in [5.74, 6) is -1.69. The van der Waals surface area contributed by atoms with Crippen molar-refractivity contribution in [2.45, 2.75) is 18.3 Å². The largest absolute Gasteiger partial charge is 0.464 e. The maximum absolute atomic E-state index is 13.5. The van der Waals surface area contributed by atoms with Crippen molar-refractivity contribution >= 4 is 17.8 Å². The quantitative estimate of drug-likeness (QED) is 0.451. The topological polar surface area (TPSA) is 63.7 Å². The van der Waals surface area contributed by atoms with E-state index in [0.717, 1.165) is 27.8 Å². The van der Waals surface area contributed by atoms with Crippen LogP contribution in [-0.2, 0) is 25.5 Å². The van der Waals surface area contributed by atoms with Crippen LogP contribution in [0.4, 0.5) is 0 Å². The van der Waals surface area contributed by atoms with Gasteiger partial charge in [-0.25, -0.2) is 0 Å². The molecule has 2 amide bonds. The lowest BCUT2D eigenvalue weighted by atomic mass is 9.55. The number of esters is 1. The predicted octanol–water partition coefficient (Wildman–Crippen LogP) is 3.66. The Morgan fingerprint density at radius 3 is 1.64 bits per heavy atom. The molecule has 0 saturated carbocycles. The first kappa shape index (κ1) is 19.9. The lowest BCUT2D eigenvalue weighted by Crippen LogP contribution is -2.41. The van der Waals surface area contributed by atoms with Crippen molar-refractivity contribution in [1.82, 2.24) is 4.90 Å². The van der Waals surface area contributed by atoms with E-state index in [2.05, 4.69) is 24.3 Å². The Bertz CT molecular complexity index is 1150. The number of likely N-dealkylation sites (tertiary alicyclic amines) is 1. The van der Waals surface area contributed by atoms with Gasteiger partial charge in [-0.15, -0.1) is 0 Å². The van der Waals surface area contributed by atoms with Crippen molar-refractivity contribution in [3.63, 3.8) is 0 Å². The van der Waals surface area contributed by atoms with Crippen LogP contribution < -0.4 is 0 Å². The molecule has 0 N–H and O–H groups in total. The number of hydrogen-bond donors (Lipinski definition) is 0. The number of hydrogen-bond acceptors (Lipinski definition) is 4. The van der Waals surface area contributed by atoms with E-state index in [4.69, 9.17) is 4.74 Å². The predicted molar refractivity (Wildman–Crippen MR) is 121 cm³/mol. The van der Waals surface area contributed by atoms with Gasteiger partial charge in [0, 0.05) is 11.8 Å². The summed E-state index contributed by atoms with van der Waals surface area (Å²) in [5.41, 5.74) is 5.48. The first-order chi connectivity index (χ1) is 16.1. The Hall–Kier alpha value is -3.73. The summed E-state index contributed by atoms with van der Waals surface area (Å²) in [6.45, 7) is 0.106. The standard InChI is InChI=1S/C28H23NO4/c30-22(16-17-8-2-1-3-9-17)33-15-14-29-27(31)25-23-18-10-4-5-11-19(18)24(26(25)28(29)32)21-13-7-6-12-20(21)23/h1-13,23-26H,14-16H2/t23?,24?,25-,26-/m0/s1. The molecule has 3 aromatic rings. The fourth-order valence-corrected chi connectivity index (χ4v) is 6.02. The summed E-state index contributed by atoms with van der Waals surface area (Å²) in [6.07, 6.45) is 0.169. The molecule has 5 heteroatoms. The normalized spacial score (nSPS) is 24.3. The van der Waals surface area contributed by atoms with Gasteiger partial charge in [-0.3, -0.25) is 19.3 Å². The van der Waals surface area contributed by atoms with Crippen LogP contribution in [-0.4, -0.2) is 35.8 Å². The molecule has 0 spiro atoms. The van der Waals surface area contributed by atoms with Gasteiger partial charge < -0.3 is 4.74 Å². The highest BCUT2D eigenvalue weighted by molar-refractivity contribution is 6.07. The SMILES string of the molecule is O=C(Cc1ccccc1)OCCN1C(=O)[C@H]2C3c4ccccc4C(c4ccccc43)[C@@H]2C1=O. The average Bonchev–Trinajstić information content (AvgIpc) is 3.10. The van der Waals surface area contributed by atoms with E-state index in [1.165, 1.54) is 4.90 Å². The molecule has 0 radical (unpaired) electrons. The second kappa shape index (κ2) is 7.69. The van der Waals surface area contributed by atoms with Crippen LogP contribution in [0.1, 0.15) is 39.7 Å². The molecule has 33 heavy (non-hydrogen) atoms. The second-order valence-corrected chi connectivity index (χ2v) is 8.98. The zero-order chi connectivity index (χ0) is 22.5. The number of carbonyl (C=O) groups is 3. The molecule has 5 nitrogen and oxygen atoms in total. The van der Waals surface area contributed by atoms with Crippen molar-refractivity contribution in [3.05, 3.63) is 107 Å². The van der Waals surface area contributed by atoms with Crippen LogP contribution >= 0.6 is 0 Å². The van der Waals surface area contributed by atoms with E-state index in [1.807, 2.05) is 54.6 Å². The van der Waals surface area contributed by atoms with Crippen molar-refractivity contribution in [2.75, 3.05) is 13.2 Å². The van der Waals surface area contributed by atoms with Crippen molar-refractivity contribution in [2.24, 2.45) is 11.8 Å². The molecule has 4 aliphatic rings. The fraction of sp³-hybridized carbons (Fsp3) is 0.250. The van der Waals surface area contributed by atoms with Gasteiger partial charge >= 0.3 is 5.97 Å². The van der Waals surface area contributed by atoms with E-state index in [9.17, 15) is 14.4 Å². The van der Waals surface area contributed by atoms with Gasteiger partial charge in [0.05, 0.1) is 24.8 Å². The number of benzene rings is 3. The Morgan fingerprint density at radius 2 is 1.15 bits per heavy atom. The number of rotatable bonds is 5. The third-order valence-electron chi connectivity index (χ3n) is 7.31. The number of carbonyl (C=O) groups excluding carboxylic acids is 3. The second-order valence-electron chi connectivity index (χ2n) is 8.98. The number of ether oxygens (including phenoxy) is 1. The van der Waals surface area contributed by atoms with Gasteiger partial charge in [0.1, 0.15) is 6.61 Å². The minimum Gasteiger partial charge on any atom is -0.464 e.